The van der Waals surface area contributed by atoms with Crippen LogP contribution in [0.2, 0.25) is 0 Å². The van der Waals surface area contributed by atoms with Crippen molar-refractivity contribution >= 4 is 39.9 Å². The molecule has 0 saturated carbocycles. The first-order valence-electron chi connectivity index (χ1n) is 8.47. The van der Waals surface area contributed by atoms with Crippen LogP contribution in [0, 0.1) is 0 Å². The number of pyridine rings is 1. The number of hydrogen-bond acceptors (Lipinski definition) is 6. The third-order valence-electron chi connectivity index (χ3n) is 4.15. The fourth-order valence-corrected chi connectivity index (χ4v) is 3.52. The highest BCUT2D eigenvalue weighted by Gasteiger charge is 2.29. The van der Waals surface area contributed by atoms with Crippen molar-refractivity contribution in [3.8, 4) is 11.3 Å². The van der Waals surface area contributed by atoms with Gasteiger partial charge in [0.05, 0.1) is 23.4 Å². The second-order valence-corrected chi connectivity index (χ2v) is 6.95. The fourth-order valence-electron chi connectivity index (χ4n) is 2.79. The van der Waals surface area contributed by atoms with E-state index >= 15 is 0 Å². The minimum atomic E-state index is -0.974. The maximum Gasteiger partial charge on any atom is 0.254 e. The molecule has 1 aromatic carbocycles. The molecule has 1 unspecified atom stereocenters. The van der Waals surface area contributed by atoms with Crippen molar-refractivity contribution < 1.29 is 14.4 Å². The lowest BCUT2D eigenvalue weighted by Gasteiger charge is -2.13. The normalized spacial score (nSPS) is 15.8. The third kappa shape index (κ3) is 3.74. The minimum absolute atomic E-state index is 0.201. The molecule has 0 aliphatic carbocycles. The zero-order chi connectivity index (χ0) is 19.5. The Bertz CT molecular complexity index is 1050. The van der Waals surface area contributed by atoms with Gasteiger partial charge in [0.25, 0.3) is 5.91 Å². The molecule has 0 spiro atoms. The Hall–Kier alpha value is -3.59. The lowest BCUT2D eigenvalue weighted by molar-refractivity contribution is -0.122. The number of nitrogens with zero attached hydrogens (tertiary/aromatic N) is 2. The van der Waals surface area contributed by atoms with Crippen molar-refractivity contribution in [3.05, 3.63) is 59.7 Å². The molecule has 8 nitrogen and oxygen atoms in total. The number of aromatic nitrogens is 2. The highest BCUT2D eigenvalue weighted by Crippen LogP contribution is 2.24. The summed E-state index contributed by atoms with van der Waals surface area (Å²) in [6, 6.07) is 9.39. The number of benzene rings is 1. The lowest BCUT2D eigenvalue weighted by Crippen LogP contribution is -2.43. The van der Waals surface area contributed by atoms with Gasteiger partial charge in [0.2, 0.25) is 11.8 Å². The summed E-state index contributed by atoms with van der Waals surface area (Å²) >= 11 is 1.27. The van der Waals surface area contributed by atoms with Crippen LogP contribution in [0.1, 0.15) is 16.8 Å². The molecule has 1 atom stereocenters. The van der Waals surface area contributed by atoms with E-state index < -0.39 is 23.8 Å². The molecule has 0 saturated heterocycles. The third-order valence-corrected chi connectivity index (χ3v) is 4.91. The molecule has 2 aromatic heterocycles. The molecule has 3 heterocycles. The number of carbonyl (C=O) groups is 3. The maximum absolute atomic E-state index is 12.4. The van der Waals surface area contributed by atoms with E-state index in [0.717, 1.165) is 5.56 Å². The second kappa shape index (κ2) is 7.57. The van der Waals surface area contributed by atoms with Crippen LogP contribution < -0.4 is 16.0 Å². The number of hydrogen-bond donors (Lipinski definition) is 3. The highest BCUT2D eigenvalue weighted by molar-refractivity contribution is 7.14. The standard InChI is InChI=1S/C19H15N5O3S/c25-16(24-19-23-15(10-28-19)11-4-3-7-20-9-11)8-14-18(27)21-13-6-2-1-5-12(13)17(26)22-14/h1-7,9-10,14H,8H2,(H,21,27)(H,22,26)(H,23,24,25). The maximum atomic E-state index is 12.4. The van der Waals surface area contributed by atoms with Crippen LogP contribution in [0.15, 0.2) is 54.2 Å². The molecule has 3 N–H and O–H groups in total. The van der Waals surface area contributed by atoms with Crippen LogP contribution in [-0.2, 0) is 9.59 Å². The van der Waals surface area contributed by atoms with Gasteiger partial charge in [0, 0.05) is 23.3 Å². The number of carbonyl (C=O) groups excluding carboxylic acids is 3. The molecule has 9 heteroatoms. The van der Waals surface area contributed by atoms with E-state index in [9.17, 15) is 14.4 Å². The molecular formula is C19H15N5O3S. The van der Waals surface area contributed by atoms with E-state index in [1.807, 2.05) is 11.4 Å². The van der Waals surface area contributed by atoms with Crippen molar-refractivity contribution in [2.24, 2.45) is 0 Å². The molecule has 1 aliphatic rings. The Balaban J connectivity index is 1.42. The van der Waals surface area contributed by atoms with Gasteiger partial charge in [-0.25, -0.2) is 4.98 Å². The molecule has 4 rings (SSSR count). The van der Waals surface area contributed by atoms with Crippen LogP contribution in [0.3, 0.4) is 0 Å². The SMILES string of the molecule is O=C(CC1NC(=O)c2ccccc2NC1=O)Nc1nc(-c2cccnc2)cs1. The number of para-hydroxylation sites is 1. The Morgan fingerprint density at radius 1 is 1.18 bits per heavy atom. The van der Waals surface area contributed by atoms with Crippen molar-refractivity contribution in [1.82, 2.24) is 15.3 Å². The first-order chi connectivity index (χ1) is 13.6. The second-order valence-electron chi connectivity index (χ2n) is 6.09. The number of amides is 3. The molecular weight excluding hydrogens is 378 g/mol. The first kappa shape index (κ1) is 17.8. The van der Waals surface area contributed by atoms with Crippen LogP contribution in [-0.4, -0.2) is 33.7 Å². The average Bonchev–Trinajstić information content (AvgIpc) is 3.12. The molecule has 0 fully saturated rings. The van der Waals surface area contributed by atoms with Gasteiger partial charge in [0.1, 0.15) is 6.04 Å². The number of anilines is 2. The van der Waals surface area contributed by atoms with Crippen LogP contribution in [0.25, 0.3) is 11.3 Å². The van der Waals surface area contributed by atoms with E-state index in [1.165, 1.54) is 11.3 Å². The van der Waals surface area contributed by atoms with Gasteiger partial charge in [-0.15, -0.1) is 11.3 Å². The summed E-state index contributed by atoms with van der Waals surface area (Å²) in [7, 11) is 0. The summed E-state index contributed by atoms with van der Waals surface area (Å²) in [6.07, 6.45) is 3.15. The molecule has 3 aromatic rings. The van der Waals surface area contributed by atoms with Gasteiger partial charge < -0.3 is 16.0 Å². The molecule has 28 heavy (non-hydrogen) atoms. The van der Waals surface area contributed by atoms with E-state index in [0.29, 0.717) is 22.1 Å². The Kier molecular flexibility index (Phi) is 4.81. The van der Waals surface area contributed by atoms with Crippen molar-refractivity contribution in [2.75, 3.05) is 10.6 Å². The predicted molar refractivity (Wildman–Crippen MR) is 105 cm³/mol. The van der Waals surface area contributed by atoms with Gasteiger partial charge in [0.15, 0.2) is 5.13 Å². The minimum Gasteiger partial charge on any atom is -0.340 e. The largest absolute Gasteiger partial charge is 0.340 e. The van der Waals surface area contributed by atoms with Crippen molar-refractivity contribution in [2.45, 2.75) is 12.5 Å². The zero-order valence-corrected chi connectivity index (χ0v) is 15.3. The van der Waals surface area contributed by atoms with Crippen LogP contribution in [0.4, 0.5) is 10.8 Å². The van der Waals surface area contributed by atoms with Gasteiger partial charge in [-0.2, -0.15) is 0 Å². The number of rotatable bonds is 4. The molecule has 1 aliphatic heterocycles. The van der Waals surface area contributed by atoms with E-state index in [1.54, 1.807) is 42.7 Å². The summed E-state index contributed by atoms with van der Waals surface area (Å²) in [5.41, 5.74) is 2.32. The lowest BCUT2D eigenvalue weighted by atomic mass is 10.1. The quantitative estimate of drug-likeness (QED) is 0.629. The summed E-state index contributed by atoms with van der Waals surface area (Å²) in [5, 5.41) is 10.2. The van der Waals surface area contributed by atoms with Crippen molar-refractivity contribution in [1.29, 1.82) is 0 Å². The molecule has 0 radical (unpaired) electrons. The van der Waals surface area contributed by atoms with Gasteiger partial charge >= 0.3 is 0 Å². The molecule has 3 amide bonds. The summed E-state index contributed by atoms with van der Waals surface area (Å²) in [6.45, 7) is 0. The number of nitrogens with one attached hydrogen (secondary N) is 3. The fraction of sp³-hybridized carbons (Fsp3) is 0.105. The van der Waals surface area contributed by atoms with Crippen molar-refractivity contribution in [3.63, 3.8) is 0 Å². The molecule has 0 bridgehead atoms. The van der Waals surface area contributed by atoms with Gasteiger partial charge in [-0.05, 0) is 24.3 Å². The Morgan fingerprint density at radius 3 is 2.86 bits per heavy atom. The van der Waals surface area contributed by atoms with E-state index in [2.05, 4.69) is 25.9 Å². The van der Waals surface area contributed by atoms with E-state index in [4.69, 9.17) is 0 Å². The number of thiazole rings is 1. The summed E-state index contributed by atoms with van der Waals surface area (Å²) < 4.78 is 0. The topological polar surface area (TPSA) is 113 Å². The van der Waals surface area contributed by atoms with Gasteiger partial charge in [-0.3, -0.25) is 19.4 Å². The average molecular weight is 393 g/mol. The van der Waals surface area contributed by atoms with Crippen LogP contribution in [0.5, 0.6) is 0 Å². The van der Waals surface area contributed by atoms with Gasteiger partial charge in [-0.1, -0.05) is 12.1 Å². The highest BCUT2D eigenvalue weighted by atomic mass is 32.1. The Labute approximate surface area is 164 Å². The van der Waals surface area contributed by atoms with Crippen LogP contribution >= 0.6 is 11.3 Å². The summed E-state index contributed by atoms with van der Waals surface area (Å²) in [5.74, 6) is -1.26. The predicted octanol–water partition coefficient (Wildman–Crippen LogP) is 2.28. The Morgan fingerprint density at radius 2 is 2.04 bits per heavy atom. The summed E-state index contributed by atoms with van der Waals surface area (Å²) in [4.78, 5) is 45.5. The number of fused-ring (bicyclic) bond motifs is 1. The van der Waals surface area contributed by atoms with E-state index in [-0.39, 0.29) is 6.42 Å². The smallest absolute Gasteiger partial charge is 0.254 e. The monoisotopic (exact) mass is 393 g/mol. The zero-order valence-electron chi connectivity index (χ0n) is 14.5. The molecule has 140 valence electrons. The first-order valence-corrected chi connectivity index (χ1v) is 9.34.